The van der Waals surface area contributed by atoms with Gasteiger partial charge < -0.3 is 19.9 Å². The van der Waals surface area contributed by atoms with Gasteiger partial charge in [0.25, 0.3) is 0 Å². The van der Waals surface area contributed by atoms with Gasteiger partial charge in [0.2, 0.25) is 5.91 Å². The van der Waals surface area contributed by atoms with Crippen molar-refractivity contribution in [1.82, 2.24) is 4.37 Å². The van der Waals surface area contributed by atoms with Crippen LogP contribution in [0.1, 0.15) is 30.4 Å². The molecule has 1 heterocycles. The van der Waals surface area contributed by atoms with Crippen LogP contribution in [0.2, 0.25) is 0 Å². The maximum atomic E-state index is 12.3. The maximum Gasteiger partial charge on any atom is 0.303 e. The largest absolute Gasteiger partial charge is 0.496 e. The number of aromatic nitrogens is 1. The van der Waals surface area contributed by atoms with E-state index >= 15 is 0 Å². The Bertz CT molecular complexity index is 1140. The third kappa shape index (κ3) is 5.26. The molecule has 168 valence electrons. The van der Waals surface area contributed by atoms with Gasteiger partial charge in [-0.25, -0.2) is 0 Å². The molecule has 0 saturated heterocycles. The van der Waals surface area contributed by atoms with Crippen LogP contribution in [0.25, 0.3) is 21.6 Å². The Kier molecular flexibility index (Phi) is 7.48. The zero-order chi connectivity index (χ0) is 23.3. The third-order valence-corrected chi connectivity index (χ3v) is 6.10. The molecule has 0 aliphatic heterocycles. The van der Waals surface area contributed by atoms with Gasteiger partial charge in [-0.2, -0.15) is 4.37 Å². The number of amides is 1. The number of ether oxygens (including phenoxy) is 2. The molecule has 3 rings (SSSR count). The molecular weight excluding hydrogens is 428 g/mol. The minimum Gasteiger partial charge on any atom is -0.496 e. The minimum absolute atomic E-state index is 0.0477. The van der Waals surface area contributed by atoms with Crippen LogP contribution in [0.5, 0.6) is 11.5 Å². The van der Waals surface area contributed by atoms with E-state index in [1.165, 1.54) is 18.6 Å². The van der Waals surface area contributed by atoms with Crippen molar-refractivity contribution in [3.8, 4) is 33.1 Å². The lowest BCUT2D eigenvalue weighted by molar-refractivity contribution is -0.137. The second-order valence-corrected chi connectivity index (χ2v) is 8.20. The summed E-state index contributed by atoms with van der Waals surface area (Å²) in [6.45, 7) is 4.08. The summed E-state index contributed by atoms with van der Waals surface area (Å²) in [4.78, 5) is 24.0. The molecule has 0 spiro atoms. The van der Waals surface area contributed by atoms with Gasteiger partial charge in [-0.1, -0.05) is 12.1 Å². The molecule has 2 N–H and O–H groups in total. The van der Waals surface area contributed by atoms with Gasteiger partial charge in [-0.05, 0) is 72.3 Å². The number of carbonyl (C=O) groups excluding carboxylic acids is 1. The number of benzene rings is 2. The Morgan fingerprint density at radius 3 is 2.47 bits per heavy atom. The molecule has 0 unspecified atom stereocenters. The van der Waals surface area contributed by atoms with Gasteiger partial charge >= 0.3 is 5.97 Å². The summed E-state index contributed by atoms with van der Waals surface area (Å²) >= 11 is 1.39. The molecule has 3 aromatic rings. The number of methoxy groups -OCH3 is 2. The molecule has 0 fully saturated rings. The van der Waals surface area contributed by atoms with Crippen molar-refractivity contribution >= 4 is 29.1 Å². The summed E-state index contributed by atoms with van der Waals surface area (Å²) in [5.41, 5.74) is 5.58. The zero-order valence-electron chi connectivity index (χ0n) is 18.5. The Balaban J connectivity index is 1.93. The summed E-state index contributed by atoms with van der Waals surface area (Å²) in [7, 11) is 3.20. The molecule has 1 amide bonds. The number of carboxylic acids is 1. The van der Waals surface area contributed by atoms with Crippen LogP contribution in [-0.4, -0.2) is 35.6 Å². The number of nitrogens with one attached hydrogen (secondary N) is 1. The number of hydrogen-bond donors (Lipinski definition) is 2. The van der Waals surface area contributed by atoms with Crippen molar-refractivity contribution in [2.45, 2.75) is 33.1 Å². The number of carboxylic acid groups (broad SMARTS) is 1. The minimum atomic E-state index is -0.919. The Labute approximate surface area is 191 Å². The molecule has 32 heavy (non-hydrogen) atoms. The average Bonchev–Trinajstić information content (AvgIpc) is 3.25. The van der Waals surface area contributed by atoms with Gasteiger partial charge in [-0.15, -0.1) is 0 Å². The molecule has 0 radical (unpaired) electrons. The van der Waals surface area contributed by atoms with E-state index in [2.05, 4.69) is 15.8 Å². The van der Waals surface area contributed by atoms with E-state index < -0.39 is 5.97 Å². The van der Waals surface area contributed by atoms with Crippen molar-refractivity contribution in [2.75, 3.05) is 19.5 Å². The average molecular weight is 455 g/mol. The highest BCUT2D eigenvalue weighted by molar-refractivity contribution is 7.10. The molecule has 0 atom stereocenters. The van der Waals surface area contributed by atoms with Crippen molar-refractivity contribution in [3.05, 3.63) is 47.7 Å². The molecule has 0 saturated carbocycles. The van der Waals surface area contributed by atoms with Gasteiger partial charge in [-0.3, -0.25) is 9.59 Å². The van der Waals surface area contributed by atoms with Gasteiger partial charge in [0.05, 0.1) is 24.8 Å². The number of hydrogen-bond acceptors (Lipinski definition) is 6. The van der Waals surface area contributed by atoms with E-state index in [1.807, 2.05) is 38.2 Å². The van der Waals surface area contributed by atoms with Crippen LogP contribution in [0.3, 0.4) is 0 Å². The first-order valence-electron chi connectivity index (χ1n) is 10.1. The van der Waals surface area contributed by atoms with E-state index in [-0.39, 0.29) is 25.2 Å². The number of aliphatic carboxylic acids is 1. The van der Waals surface area contributed by atoms with Crippen molar-refractivity contribution < 1.29 is 24.2 Å². The molecular formula is C24H26N2O5S. The molecule has 0 aliphatic rings. The summed E-state index contributed by atoms with van der Waals surface area (Å²) in [6, 6.07) is 9.69. The van der Waals surface area contributed by atoms with Crippen LogP contribution in [0.15, 0.2) is 36.5 Å². The van der Waals surface area contributed by atoms with Gasteiger partial charge in [0, 0.05) is 24.6 Å². The smallest absolute Gasteiger partial charge is 0.303 e. The standard InChI is InChI=1S/C24H26N2O5S/c1-14-10-17(12-21(31-4)15(14)2)24-18(13-25-32-24)16-8-9-20(30-3)19(11-16)26-22(27)6-5-7-23(28)29/h8-13H,5-7H2,1-4H3,(H,26,27)(H,28,29). The number of carbonyl (C=O) groups is 2. The summed E-state index contributed by atoms with van der Waals surface area (Å²) in [5, 5.41) is 11.6. The van der Waals surface area contributed by atoms with Crippen LogP contribution in [0, 0.1) is 13.8 Å². The summed E-state index contributed by atoms with van der Waals surface area (Å²) in [6.07, 6.45) is 2.15. The second kappa shape index (κ2) is 10.3. The fourth-order valence-corrected chi connectivity index (χ4v) is 4.17. The molecule has 0 bridgehead atoms. The predicted molar refractivity (Wildman–Crippen MR) is 126 cm³/mol. The lowest BCUT2D eigenvalue weighted by Gasteiger charge is -2.13. The van der Waals surface area contributed by atoms with E-state index in [4.69, 9.17) is 14.6 Å². The van der Waals surface area contributed by atoms with Crippen molar-refractivity contribution in [3.63, 3.8) is 0 Å². The third-order valence-electron chi connectivity index (χ3n) is 5.25. The number of anilines is 1. The zero-order valence-corrected chi connectivity index (χ0v) is 19.3. The van der Waals surface area contributed by atoms with E-state index in [1.54, 1.807) is 13.2 Å². The number of nitrogens with zero attached hydrogens (tertiary/aromatic N) is 1. The first kappa shape index (κ1) is 23.3. The normalized spacial score (nSPS) is 10.6. The first-order valence-corrected chi connectivity index (χ1v) is 10.9. The van der Waals surface area contributed by atoms with Gasteiger partial charge in [0.15, 0.2) is 0 Å². The Hall–Kier alpha value is -3.39. The van der Waals surface area contributed by atoms with E-state index in [0.717, 1.165) is 38.4 Å². The lowest BCUT2D eigenvalue weighted by Crippen LogP contribution is -2.12. The van der Waals surface area contributed by atoms with Gasteiger partial charge in [0.1, 0.15) is 11.5 Å². The second-order valence-electron chi connectivity index (χ2n) is 7.40. The fraction of sp³-hybridized carbons (Fsp3) is 0.292. The highest BCUT2D eigenvalue weighted by atomic mass is 32.1. The SMILES string of the molecule is COc1ccc(-c2cnsc2-c2cc(C)c(C)c(OC)c2)cc1NC(=O)CCCC(=O)O. The molecule has 8 heteroatoms. The lowest BCUT2D eigenvalue weighted by atomic mass is 9.99. The molecule has 2 aromatic carbocycles. The van der Waals surface area contributed by atoms with Crippen molar-refractivity contribution in [1.29, 1.82) is 0 Å². The number of rotatable bonds is 9. The molecule has 7 nitrogen and oxygen atoms in total. The predicted octanol–water partition coefficient (Wildman–Crippen LogP) is 5.30. The summed E-state index contributed by atoms with van der Waals surface area (Å²) < 4.78 is 15.3. The van der Waals surface area contributed by atoms with Crippen molar-refractivity contribution in [2.24, 2.45) is 0 Å². The van der Waals surface area contributed by atoms with Crippen LogP contribution < -0.4 is 14.8 Å². The molecule has 1 aromatic heterocycles. The first-order chi connectivity index (χ1) is 15.3. The highest BCUT2D eigenvalue weighted by Crippen LogP contribution is 2.40. The summed E-state index contributed by atoms with van der Waals surface area (Å²) in [5.74, 6) is 0.170. The fourth-order valence-electron chi connectivity index (χ4n) is 3.41. The maximum absolute atomic E-state index is 12.3. The van der Waals surface area contributed by atoms with E-state index in [9.17, 15) is 9.59 Å². The Morgan fingerprint density at radius 2 is 1.78 bits per heavy atom. The number of aryl methyl sites for hydroxylation is 1. The highest BCUT2D eigenvalue weighted by Gasteiger charge is 2.16. The molecule has 0 aliphatic carbocycles. The van der Waals surface area contributed by atoms with Crippen LogP contribution >= 0.6 is 11.5 Å². The van der Waals surface area contributed by atoms with Crippen LogP contribution in [-0.2, 0) is 9.59 Å². The Morgan fingerprint density at radius 1 is 1.03 bits per heavy atom. The topological polar surface area (TPSA) is 97.8 Å². The monoisotopic (exact) mass is 454 g/mol. The van der Waals surface area contributed by atoms with E-state index in [0.29, 0.717) is 11.4 Å². The van der Waals surface area contributed by atoms with Crippen LogP contribution in [0.4, 0.5) is 5.69 Å². The quantitative estimate of drug-likeness (QED) is 0.455.